The Morgan fingerprint density at radius 2 is 1.33 bits per heavy atom. The molecule has 5 N–H and O–H groups in total. The van der Waals surface area contributed by atoms with Gasteiger partial charge in [0.25, 0.3) is 17.7 Å². The van der Waals surface area contributed by atoms with E-state index < -0.39 is 104 Å². The number of likely N-dealkylation sites (tertiary alicyclic amines) is 1. The van der Waals surface area contributed by atoms with Crippen molar-refractivity contribution in [3.63, 3.8) is 0 Å². The average molecular weight is 1150 g/mol. The zero-order valence-corrected chi connectivity index (χ0v) is 49.4. The Morgan fingerprint density at radius 1 is 0.765 bits per heavy atom. The highest BCUT2D eigenvalue weighted by Crippen LogP contribution is 2.55. The number of nitrogens with zero attached hydrogens (tertiary/aromatic N) is 5. The van der Waals surface area contributed by atoms with Gasteiger partial charge in [-0.2, -0.15) is 0 Å². The van der Waals surface area contributed by atoms with Crippen LogP contribution >= 0.6 is 11.6 Å². The summed E-state index contributed by atoms with van der Waals surface area (Å²) in [6.45, 7) is 16.4. The normalized spacial score (nSPS) is 24.0. The molecule has 81 heavy (non-hydrogen) atoms. The van der Waals surface area contributed by atoms with E-state index in [9.17, 15) is 28.8 Å². The molecule has 4 saturated heterocycles. The largest absolute Gasteiger partial charge is 0.460 e. The Morgan fingerprint density at radius 3 is 1.93 bits per heavy atom. The van der Waals surface area contributed by atoms with E-state index in [1.54, 1.807) is 32.9 Å². The molecule has 6 aliphatic rings. The summed E-state index contributed by atoms with van der Waals surface area (Å²) < 4.78 is 19.0. The number of likely N-dealkylation sites (N-methyl/N-ethyl adjacent to an activating group) is 1. The van der Waals surface area contributed by atoms with Crippen molar-refractivity contribution in [2.75, 3.05) is 45.2 Å². The average Bonchev–Trinajstić information content (AvgIpc) is 4.21. The van der Waals surface area contributed by atoms with Crippen molar-refractivity contribution in [3.05, 3.63) is 101 Å². The molecule has 436 valence electrons. The van der Waals surface area contributed by atoms with Crippen molar-refractivity contribution >= 4 is 67.2 Å². The van der Waals surface area contributed by atoms with Crippen molar-refractivity contribution in [2.45, 2.75) is 159 Å². The van der Waals surface area contributed by atoms with Crippen molar-refractivity contribution in [1.29, 1.82) is 0 Å². The molecule has 0 radical (unpaired) electrons. The number of ether oxygens (including phenoxy) is 2. The van der Waals surface area contributed by atoms with Crippen LogP contribution in [0.4, 0.5) is 10.5 Å². The summed E-state index contributed by atoms with van der Waals surface area (Å²) in [6, 6.07) is 17.4. The highest BCUT2D eigenvalue weighted by molar-refractivity contribution is 6.73. The van der Waals surface area contributed by atoms with E-state index in [1.165, 1.54) is 38.0 Å². The Labute approximate surface area is 481 Å². The highest BCUT2D eigenvalue weighted by Gasteiger charge is 2.65. The zero-order valence-electron chi connectivity index (χ0n) is 47.6. The molecule has 0 spiro atoms. The number of nitrogens with one attached hydrogen (secondary N) is 5. The number of esters is 1. The Kier molecular flexibility index (Phi) is 18.3. The van der Waals surface area contributed by atoms with Crippen LogP contribution < -0.4 is 26.9 Å². The van der Waals surface area contributed by atoms with Gasteiger partial charge in [0.15, 0.2) is 8.32 Å². The third-order valence-corrected chi connectivity index (χ3v) is 22.5. The SMILES string of the molecule is C=CCOC(=O)[C@@H]1C[C@@]2(O[Si](CC)(CC)CC)c3ccc(Cl)cc3N[C@H]2N1C(=O)[C@@H]1CCCNN1C(=O)[C@H](C)N(C)C(=O)[C@H]1CCCNN1C(=O)[C@@H]1CCCNN1C(=O)[C@H](NC(=O)OCC1c2ccccc2-c2ccccc21)C(C)C. The van der Waals surface area contributed by atoms with Gasteiger partial charge in [-0.15, -0.1) is 0 Å². The Hall–Kier alpha value is -6.36. The number of alkyl carbamates (subject to hydrolysis) is 1. The second-order valence-corrected chi connectivity index (χ2v) is 27.6. The zero-order chi connectivity index (χ0) is 57.9. The first-order valence-corrected chi connectivity index (χ1v) is 31.8. The Balaban J connectivity index is 0.900. The molecular weight excluding hydrogens is 1070 g/mol. The van der Waals surface area contributed by atoms with Crippen LogP contribution in [0.3, 0.4) is 0 Å². The van der Waals surface area contributed by atoms with Gasteiger partial charge >= 0.3 is 12.1 Å². The fourth-order valence-electron chi connectivity index (χ4n) is 12.9. The standard InChI is InChI=1S/C59H79ClN10O10Si/c1-9-32-78-56(76)49-34-59(80-81(10-2,11-3)12-4)44-28-27-38(60)33-45(44)64-57(59)67(49)53(73)47-25-18-29-61-68(47)51(71)37(7)66(8)52(72)46-24-17-30-62-69(46)54(74)48-26-19-31-63-70(48)55(75)50(36(5)6)65-58(77)79-35-43-41-22-15-13-20-39(41)40-21-14-16-23-42(40)43/h9,13-16,20-23,27-28,33,36-37,43,46-50,57,61-64H,1,10-12,17-19,24-26,29-32,34-35H2,2-8H3,(H,65,77)/t37-,46+,47-,48-,49-,50+,57-,59+/m0/s1. The van der Waals surface area contributed by atoms with E-state index in [0.29, 0.717) is 49.6 Å². The minimum Gasteiger partial charge on any atom is -0.460 e. The molecule has 1 aliphatic carbocycles. The number of hydrazine groups is 3. The maximum absolute atomic E-state index is 15.5. The second-order valence-electron chi connectivity index (χ2n) is 22.5. The van der Waals surface area contributed by atoms with Crippen LogP contribution in [0.15, 0.2) is 79.4 Å². The minimum absolute atomic E-state index is 0.0529. The van der Waals surface area contributed by atoms with Gasteiger partial charge in [0.05, 0.1) is 0 Å². The van der Waals surface area contributed by atoms with E-state index >= 15 is 4.79 Å². The van der Waals surface area contributed by atoms with Crippen LogP contribution in [-0.4, -0.2) is 157 Å². The molecule has 0 bridgehead atoms. The lowest BCUT2D eigenvalue weighted by molar-refractivity contribution is -0.165. The van der Waals surface area contributed by atoms with Crippen LogP contribution in [0.2, 0.25) is 23.2 Å². The van der Waals surface area contributed by atoms with E-state index in [4.69, 9.17) is 25.5 Å². The van der Waals surface area contributed by atoms with Gasteiger partial charge in [-0.25, -0.2) is 25.9 Å². The number of benzene rings is 3. The summed E-state index contributed by atoms with van der Waals surface area (Å²) in [5.74, 6) is -3.88. The van der Waals surface area contributed by atoms with Crippen molar-refractivity contribution in [1.82, 2.24) is 46.4 Å². The summed E-state index contributed by atoms with van der Waals surface area (Å²) in [6.07, 6.45) is 2.34. The van der Waals surface area contributed by atoms with Crippen LogP contribution in [0.1, 0.15) is 109 Å². The summed E-state index contributed by atoms with van der Waals surface area (Å²) in [5, 5.41) is 10.7. The second kappa shape index (κ2) is 25.0. The predicted molar refractivity (Wildman–Crippen MR) is 308 cm³/mol. The molecular formula is C59H79ClN10O10Si. The van der Waals surface area contributed by atoms with Gasteiger partial charge < -0.3 is 34.3 Å². The number of fused-ring (bicyclic) bond motifs is 6. The molecule has 5 aliphatic heterocycles. The summed E-state index contributed by atoms with van der Waals surface area (Å²) in [7, 11) is -0.968. The smallest absolute Gasteiger partial charge is 0.407 e. The van der Waals surface area contributed by atoms with Crippen LogP contribution in [0, 0.1) is 5.92 Å². The summed E-state index contributed by atoms with van der Waals surface area (Å²) >= 11 is 6.56. The van der Waals surface area contributed by atoms with Gasteiger partial charge in [0, 0.05) is 55.3 Å². The molecule has 22 heteroatoms. The lowest BCUT2D eigenvalue weighted by Crippen LogP contribution is -2.68. The van der Waals surface area contributed by atoms with E-state index in [2.05, 4.69) is 66.4 Å². The van der Waals surface area contributed by atoms with Crippen LogP contribution in [0.5, 0.6) is 0 Å². The molecule has 3 aromatic rings. The molecule has 6 amide bonds. The minimum atomic E-state index is -2.47. The molecule has 0 aromatic heterocycles. The van der Waals surface area contributed by atoms with Gasteiger partial charge in [-0.05, 0) is 104 Å². The number of rotatable bonds is 18. The van der Waals surface area contributed by atoms with Crippen molar-refractivity contribution in [3.8, 4) is 11.1 Å². The van der Waals surface area contributed by atoms with Crippen molar-refractivity contribution in [2.24, 2.45) is 5.92 Å². The maximum Gasteiger partial charge on any atom is 0.407 e. The molecule has 3 aromatic carbocycles. The van der Waals surface area contributed by atoms with Gasteiger partial charge in [0.2, 0.25) is 11.8 Å². The maximum atomic E-state index is 15.5. The molecule has 0 saturated carbocycles. The lowest BCUT2D eigenvalue weighted by atomic mass is 9.91. The molecule has 0 unspecified atom stereocenters. The number of hydrogen-bond acceptors (Lipinski definition) is 14. The number of hydrogen-bond donors (Lipinski definition) is 5. The molecule has 20 nitrogen and oxygen atoms in total. The summed E-state index contributed by atoms with van der Waals surface area (Å²) in [5.41, 5.74) is 14.0. The van der Waals surface area contributed by atoms with Crippen molar-refractivity contribution < 1.29 is 47.5 Å². The molecule has 9 rings (SSSR count). The highest BCUT2D eigenvalue weighted by atomic mass is 35.5. The quantitative estimate of drug-likeness (QED) is 0.0519. The fraction of sp³-hybridized carbons (Fsp3) is 0.542. The first-order valence-electron chi connectivity index (χ1n) is 28.9. The molecule has 8 atom stereocenters. The first-order chi connectivity index (χ1) is 38.9. The van der Waals surface area contributed by atoms with Crippen LogP contribution in [0.25, 0.3) is 11.1 Å². The van der Waals surface area contributed by atoms with Gasteiger partial charge in [0.1, 0.15) is 61.2 Å². The Bertz CT molecular complexity index is 2840. The summed E-state index contributed by atoms with van der Waals surface area (Å²) in [4.78, 5) is 105. The third-order valence-electron chi connectivity index (χ3n) is 17.6. The van der Waals surface area contributed by atoms with E-state index in [-0.39, 0.29) is 44.8 Å². The molecule has 5 heterocycles. The monoisotopic (exact) mass is 1150 g/mol. The fourth-order valence-corrected chi connectivity index (χ4v) is 16.1. The van der Waals surface area contributed by atoms with Crippen LogP contribution in [-0.2, 0) is 48.3 Å². The third kappa shape index (κ3) is 11.3. The van der Waals surface area contributed by atoms with Gasteiger partial charge in [-0.3, -0.25) is 39.0 Å². The van der Waals surface area contributed by atoms with E-state index in [1.807, 2.05) is 42.5 Å². The first kappa shape index (κ1) is 59.3. The molecule has 4 fully saturated rings. The lowest BCUT2D eigenvalue weighted by Gasteiger charge is -2.44. The van der Waals surface area contributed by atoms with E-state index in [0.717, 1.165) is 45.9 Å². The number of amides is 6. The van der Waals surface area contributed by atoms with Gasteiger partial charge in [-0.1, -0.05) is 113 Å². The number of carbonyl (C=O) groups excluding carboxylic acids is 7. The number of anilines is 1. The number of carbonyl (C=O) groups is 7. The topological polar surface area (TPSA) is 224 Å². The number of halogens is 1. The predicted octanol–water partition coefficient (Wildman–Crippen LogP) is 6.54.